The summed E-state index contributed by atoms with van der Waals surface area (Å²) >= 11 is 0. The van der Waals surface area contributed by atoms with E-state index in [1.54, 1.807) is 12.1 Å². The summed E-state index contributed by atoms with van der Waals surface area (Å²) in [5.74, 6) is -0.441. The molecule has 0 spiro atoms. The fourth-order valence-corrected chi connectivity index (χ4v) is 2.47. The molecule has 10 heteroatoms. The number of carbonyl (C=O) groups excluding carboxylic acids is 2. The smallest absolute Gasteiger partial charge is 0.422 e. The van der Waals surface area contributed by atoms with Crippen LogP contribution < -0.4 is 20.1 Å². The Hall–Kier alpha value is -2.91. The maximum atomic E-state index is 12.3. The van der Waals surface area contributed by atoms with Crippen LogP contribution in [0, 0.1) is 0 Å². The van der Waals surface area contributed by atoms with Gasteiger partial charge in [0.05, 0.1) is 25.8 Å². The minimum atomic E-state index is -4.66. The summed E-state index contributed by atoms with van der Waals surface area (Å²) in [6.45, 7) is -0.327. The molecule has 0 bridgehead atoms. The fraction of sp³-hybridized carbons (Fsp3) is 0.375. The van der Waals surface area contributed by atoms with Gasteiger partial charge in [0, 0.05) is 5.70 Å². The van der Waals surface area contributed by atoms with E-state index < -0.39 is 30.8 Å². The summed E-state index contributed by atoms with van der Waals surface area (Å²) in [5, 5.41) is 4.84. The Morgan fingerprint density at radius 1 is 1.19 bits per heavy atom. The first-order valence-electron chi connectivity index (χ1n) is 7.40. The number of ether oxygens (including phenoxy) is 3. The highest BCUT2D eigenvalue weighted by molar-refractivity contribution is 5.95. The van der Waals surface area contributed by atoms with Crippen molar-refractivity contribution in [2.24, 2.45) is 0 Å². The molecule has 7 nitrogen and oxygen atoms in total. The van der Waals surface area contributed by atoms with Gasteiger partial charge in [-0.1, -0.05) is 6.07 Å². The van der Waals surface area contributed by atoms with Gasteiger partial charge in [0.1, 0.15) is 0 Å². The number of hydrogen-bond donors (Lipinski definition) is 2. The topological polar surface area (TPSA) is 85.9 Å². The number of amides is 2. The second kappa shape index (κ2) is 7.54. The molecule has 0 radical (unpaired) electrons. The molecule has 0 saturated carbocycles. The van der Waals surface area contributed by atoms with Gasteiger partial charge in [-0.2, -0.15) is 13.2 Å². The monoisotopic (exact) mass is 374 g/mol. The number of esters is 1. The number of rotatable bonds is 5. The molecular weight excluding hydrogens is 357 g/mol. The van der Waals surface area contributed by atoms with Crippen molar-refractivity contribution in [3.05, 3.63) is 35.0 Å². The fourth-order valence-electron chi connectivity index (χ4n) is 2.47. The molecule has 2 amide bonds. The van der Waals surface area contributed by atoms with E-state index in [2.05, 4.69) is 15.4 Å². The van der Waals surface area contributed by atoms with E-state index >= 15 is 0 Å². The van der Waals surface area contributed by atoms with Crippen molar-refractivity contribution in [3.8, 4) is 11.5 Å². The minimum absolute atomic E-state index is 0.0979. The summed E-state index contributed by atoms with van der Waals surface area (Å²) in [6.07, 6.45) is -4.66. The largest absolute Gasteiger partial charge is 0.493 e. The molecule has 1 unspecified atom stereocenters. The van der Waals surface area contributed by atoms with Crippen LogP contribution in [0.1, 0.15) is 18.5 Å². The number of hydrogen-bond acceptors (Lipinski definition) is 5. The number of urea groups is 1. The lowest BCUT2D eigenvalue weighted by atomic mass is 9.95. The van der Waals surface area contributed by atoms with Gasteiger partial charge in [-0.15, -0.1) is 0 Å². The van der Waals surface area contributed by atoms with Crippen molar-refractivity contribution in [1.29, 1.82) is 0 Å². The highest BCUT2D eigenvalue weighted by Crippen LogP contribution is 2.34. The van der Waals surface area contributed by atoms with Gasteiger partial charge in [0.15, 0.2) is 18.1 Å². The average Bonchev–Trinajstić information content (AvgIpc) is 2.57. The molecule has 2 N–H and O–H groups in total. The van der Waals surface area contributed by atoms with Crippen LogP contribution in [0.25, 0.3) is 0 Å². The summed E-state index contributed by atoms with van der Waals surface area (Å²) in [7, 11) is 2.84. The van der Waals surface area contributed by atoms with E-state index in [4.69, 9.17) is 9.47 Å². The van der Waals surface area contributed by atoms with E-state index in [1.165, 1.54) is 27.2 Å². The predicted octanol–water partition coefficient (Wildman–Crippen LogP) is 2.44. The Kier molecular flexibility index (Phi) is 5.63. The standard InChI is InChI=1S/C16H17F3N2O5/c1-8-12(14(22)26-7-16(17,18)19)13(21-15(23)20-8)9-4-5-10(24-2)11(6-9)25-3/h4-6,13H,7H2,1-3H3,(H2,20,21,23). The Bertz CT molecular complexity index is 746. The van der Waals surface area contributed by atoms with Gasteiger partial charge in [-0.25, -0.2) is 9.59 Å². The zero-order valence-corrected chi connectivity index (χ0v) is 14.2. The molecule has 0 saturated heterocycles. The lowest BCUT2D eigenvalue weighted by Crippen LogP contribution is -2.45. The molecule has 1 heterocycles. The molecule has 1 aliphatic heterocycles. The second-order valence-electron chi connectivity index (χ2n) is 5.38. The maximum absolute atomic E-state index is 12.3. The Labute approximate surface area is 147 Å². The highest BCUT2D eigenvalue weighted by atomic mass is 19.4. The van der Waals surface area contributed by atoms with Crippen molar-refractivity contribution in [3.63, 3.8) is 0 Å². The van der Waals surface area contributed by atoms with Gasteiger partial charge in [0.25, 0.3) is 0 Å². The lowest BCUT2D eigenvalue weighted by Gasteiger charge is -2.28. The summed E-state index contributed by atoms with van der Waals surface area (Å²) in [4.78, 5) is 24.0. The van der Waals surface area contributed by atoms with E-state index in [0.29, 0.717) is 17.1 Å². The van der Waals surface area contributed by atoms with E-state index in [0.717, 1.165) is 0 Å². The van der Waals surface area contributed by atoms with Gasteiger partial charge in [-0.3, -0.25) is 0 Å². The van der Waals surface area contributed by atoms with Crippen LogP contribution in [0.5, 0.6) is 11.5 Å². The van der Waals surface area contributed by atoms with E-state index in [1.807, 2.05) is 0 Å². The summed E-state index contributed by atoms with van der Waals surface area (Å²) in [5.41, 5.74) is 0.373. The quantitative estimate of drug-likeness (QED) is 0.774. The SMILES string of the molecule is COc1ccc(C2NC(=O)NC(C)=C2C(=O)OCC(F)(F)F)cc1OC. The Morgan fingerprint density at radius 3 is 2.42 bits per heavy atom. The van der Waals surface area contributed by atoms with Crippen LogP contribution in [0.15, 0.2) is 29.5 Å². The zero-order chi connectivity index (χ0) is 19.5. The molecule has 142 valence electrons. The number of alkyl halides is 3. The van der Waals surface area contributed by atoms with Crippen LogP contribution in [-0.2, 0) is 9.53 Å². The average molecular weight is 374 g/mol. The third-order valence-corrected chi connectivity index (χ3v) is 3.60. The third kappa shape index (κ3) is 4.38. The number of halogens is 3. The van der Waals surface area contributed by atoms with Gasteiger partial charge < -0.3 is 24.8 Å². The number of benzene rings is 1. The summed E-state index contributed by atoms with van der Waals surface area (Å²) in [6, 6.07) is 3.01. The first-order valence-corrected chi connectivity index (χ1v) is 7.40. The number of methoxy groups -OCH3 is 2. The molecule has 1 aromatic rings. The van der Waals surface area contributed by atoms with Crippen molar-refractivity contribution in [2.75, 3.05) is 20.8 Å². The van der Waals surface area contributed by atoms with Gasteiger partial charge >= 0.3 is 18.2 Å². The predicted molar refractivity (Wildman–Crippen MR) is 83.7 cm³/mol. The third-order valence-electron chi connectivity index (χ3n) is 3.60. The first-order chi connectivity index (χ1) is 12.2. The zero-order valence-electron chi connectivity index (χ0n) is 14.2. The van der Waals surface area contributed by atoms with E-state index in [9.17, 15) is 22.8 Å². The Balaban J connectivity index is 2.39. The molecule has 2 rings (SSSR count). The van der Waals surface area contributed by atoms with Crippen LogP contribution in [-0.4, -0.2) is 39.0 Å². The molecule has 0 fully saturated rings. The van der Waals surface area contributed by atoms with Gasteiger partial charge in [0.2, 0.25) is 0 Å². The van der Waals surface area contributed by atoms with Crippen LogP contribution >= 0.6 is 0 Å². The molecule has 1 atom stereocenters. The normalized spacial score (nSPS) is 17.3. The van der Waals surface area contributed by atoms with Crippen molar-refractivity contribution in [1.82, 2.24) is 10.6 Å². The van der Waals surface area contributed by atoms with Crippen LogP contribution in [0.4, 0.5) is 18.0 Å². The van der Waals surface area contributed by atoms with E-state index in [-0.39, 0.29) is 11.3 Å². The van der Waals surface area contributed by atoms with Crippen molar-refractivity contribution >= 4 is 12.0 Å². The molecule has 26 heavy (non-hydrogen) atoms. The molecule has 0 aliphatic carbocycles. The van der Waals surface area contributed by atoms with Crippen molar-refractivity contribution < 1.29 is 37.0 Å². The number of carbonyl (C=O) groups is 2. The van der Waals surface area contributed by atoms with Crippen LogP contribution in [0.3, 0.4) is 0 Å². The number of nitrogens with one attached hydrogen (secondary N) is 2. The maximum Gasteiger partial charge on any atom is 0.422 e. The molecule has 0 aromatic heterocycles. The first kappa shape index (κ1) is 19.4. The highest BCUT2D eigenvalue weighted by Gasteiger charge is 2.35. The lowest BCUT2D eigenvalue weighted by molar-refractivity contribution is -0.183. The van der Waals surface area contributed by atoms with Crippen molar-refractivity contribution in [2.45, 2.75) is 19.1 Å². The number of allylic oxidation sites excluding steroid dienone is 1. The van der Waals surface area contributed by atoms with Gasteiger partial charge in [-0.05, 0) is 24.6 Å². The second-order valence-corrected chi connectivity index (χ2v) is 5.38. The van der Waals surface area contributed by atoms with Crippen LogP contribution in [0.2, 0.25) is 0 Å². The minimum Gasteiger partial charge on any atom is -0.493 e. The Morgan fingerprint density at radius 2 is 1.85 bits per heavy atom. The summed E-state index contributed by atoms with van der Waals surface area (Å²) < 4.78 is 51.6. The molecular formula is C16H17F3N2O5. The molecule has 1 aromatic carbocycles. The molecule has 1 aliphatic rings.